The molecule has 0 saturated heterocycles. The van der Waals surface area contributed by atoms with E-state index in [0.29, 0.717) is 6.54 Å². The predicted molar refractivity (Wildman–Crippen MR) is 75.7 cm³/mol. The van der Waals surface area contributed by atoms with Crippen molar-refractivity contribution in [2.24, 2.45) is 11.7 Å². The number of carbonyl (C=O) groups is 3. The summed E-state index contributed by atoms with van der Waals surface area (Å²) in [4.78, 5) is 35.9. The maximum Gasteiger partial charge on any atom is 0.306 e. The van der Waals surface area contributed by atoms with Crippen LogP contribution >= 0.6 is 0 Å². The van der Waals surface area contributed by atoms with Crippen LogP contribution in [0, 0.1) is 5.92 Å². The highest BCUT2D eigenvalue weighted by molar-refractivity contribution is 5.85. The van der Waals surface area contributed by atoms with Gasteiger partial charge in [0.05, 0.1) is 13.0 Å². The zero-order chi connectivity index (χ0) is 15.9. The Balaban J connectivity index is 4.38. The zero-order valence-corrected chi connectivity index (χ0v) is 13.1. The van der Waals surface area contributed by atoms with Gasteiger partial charge < -0.3 is 15.4 Å². The number of carbonyl (C=O) groups excluding carboxylic acids is 3. The lowest BCUT2D eigenvalue weighted by Crippen LogP contribution is -2.40. The van der Waals surface area contributed by atoms with Crippen molar-refractivity contribution < 1.29 is 19.1 Å². The van der Waals surface area contributed by atoms with E-state index in [2.05, 4.69) is 0 Å². The first kappa shape index (κ1) is 18.4. The first-order valence-electron chi connectivity index (χ1n) is 6.79. The predicted octanol–water partition coefficient (Wildman–Crippen LogP) is 1.08. The average Bonchev–Trinajstić information content (AvgIpc) is 2.21. The van der Waals surface area contributed by atoms with Gasteiger partial charge in [0, 0.05) is 13.0 Å². The zero-order valence-electron chi connectivity index (χ0n) is 13.1. The lowest BCUT2D eigenvalue weighted by molar-refractivity contribution is -0.156. The van der Waals surface area contributed by atoms with Crippen LogP contribution in [-0.2, 0) is 19.1 Å². The number of ether oxygens (including phenoxy) is 1. The number of nitrogens with two attached hydrogens (primary N) is 1. The number of nitrogens with zero attached hydrogens (tertiary/aromatic N) is 1. The van der Waals surface area contributed by atoms with Gasteiger partial charge in [0.15, 0.2) is 0 Å². The second-order valence-electron chi connectivity index (χ2n) is 6.22. The summed E-state index contributed by atoms with van der Waals surface area (Å²) in [5, 5.41) is 0. The van der Waals surface area contributed by atoms with E-state index in [9.17, 15) is 14.4 Å². The molecule has 0 fully saturated rings. The minimum atomic E-state index is -0.565. The van der Waals surface area contributed by atoms with Crippen molar-refractivity contribution in [2.45, 2.75) is 53.1 Å². The van der Waals surface area contributed by atoms with Crippen molar-refractivity contribution in [3.63, 3.8) is 0 Å². The number of amides is 2. The minimum Gasteiger partial charge on any atom is -0.460 e. The molecule has 0 spiro atoms. The summed E-state index contributed by atoms with van der Waals surface area (Å²) >= 11 is 0. The quantitative estimate of drug-likeness (QED) is 0.709. The Kier molecular flexibility index (Phi) is 7.24. The van der Waals surface area contributed by atoms with Gasteiger partial charge >= 0.3 is 5.97 Å². The van der Waals surface area contributed by atoms with Gasteiger partial charge in [0.2, 0.25) is 11.8 Å². The number of rotatable bonds is 7. The molecule has 0 aromatic carbocycles. The van der Waals surface area contributed by atoms with Crippen LogP contribution in [0.3, 0.4) is 0 Å². The van der Waals surface area contributed by atoms with Gasteiger partial charge in [-0.2, -0.15) is 0 Å². The molecule has 6 heteroatoms. The first-order chi connectivity index (χ1) is 9.01. The van der Waals surface area contributed by atoms with E-state index in [-0.39, 0.29) is 31.2 Å². The van der Waals surface area contributed by atoms with Crippen molar-refractivity contribution in [3.8, 4) is 0 Å². The van der Waals surface area contributed by atoms with Gasteiger partial charge in [0.1, 0.15) is 5.60 Å². The van der Waals surface area contributed by atoms with Gasteiger partial charge in [0.25, 0.3) is 0 Å². The smallest absolute Gasteiger partial charge is 0.306 e. The van der Waals surface area contributed by atoms with Crippen molar-refractivity contribution in [2.75, 3.05) is 13.1 Å². The lowest BCUT2D eigenvalue weighted by Gasteiger charge is -2.23. The molecule has 0 aromatic rings. The first-order valence-corrected chi connectivity index (χ1v) is 6.79. The van der Waals surface area contributed by atoms with Crippen LogP contribution < -0.4 is 5.73 Å². The van der Waals surface area contributed by atoms with Crippen LogP contribution in [0.1, 0.15) is 47.5 Å². The molecule has 0 aliphatic carbocycles. The van der Waals surface area contributed by atoms with E-state index < -0.39 is 17.5 Å². The standard InChI is InChI=1S/C14H26N2O4/c1-10(2)8-16(9-11(15)17)12(18)6-7-13(19)20-14(3,4)5/h10H,6-9H2,1-5H3,(H2,15,17). The van der Waals surface area contributed by atoms with Crippen LogP contribution in [-0.4, -0.2) is 41.4 Å². The van der Waals surface area contributed by atoms with E-state index in [0.717, 1.165) is 0 Å². The van der Waals surface area contributed by atoms with Crippen molar-refractivity contribution in [3.05, 3.63) is 0 Å². The maximum atomic E-state index is 12.0. The molecule has 6 nitrogen and oxygen atoms in total. The molecule has 0 aliphatic rings. The van der Waals surface area contributed by atoms with E-state index in [1.54, 1.807) is 20.8 Å². The van der Waals surface area contributed by atoms with E-state index >= 15 is 0 Å². The Morgan fingerprint density at radius 3 is 2.10 bits per heavy atom. The lowest BCUT2D eigenvalue weighted by atomic mass is 10.1. The highest BCUT2D eigenvalue weighted by Crippen LogP contribution is 2.10. The molecule has 0 radical (unpaired) electrons. The van der Waals surface area contributed by atoms with Gasteiger partial charge in [-0.25, -0.2) is 0 Å². The van der Waals surface area contributed by atoms with Crippen LogP contribution in [0.15, 0.2) is 0 Å². The molecule has 0 aliphatic heterocycles. The largest absolute Gasteiger partial charge is 0.460 e. The van der Waals surface area contributed by atoms with Crippen LogP contribution in [0.4, 0.5) is 0 Å². The fourth-order valence-electron chi connectivity index (χ4n) is 1.64. The third-order valence-corrected chi connectivity index (χ3v) is 2.25. The molecule has 0 unspecified atom stereocenters. The monoisotopic (exact) mass is 286 g/mol. The highest BCUT2D eigenvalue weighted by Gasteiger charge is 2.20. The molecular weight excluding hydrogens is 260 g/mol. The fraction of sp³-hybridized carbons (Fsp3) is 0.786. The third-order valence-electron chi connectivity index (χ3n) is 2.25. The molecule has 0 bridgehead atoms. The summed E-state index contributed by atoms with van der Waals surface area (Å²) in [6.45, 7) is 9.51. The van der Waals surface area contributed by atoms with Crippen molar-refractivity contribution in [1.29, 1.82) is 0 Å². The minimum absolute atomic E-state index is 0.00343. The third kappa shape index (κ3) is 9.35. The van der Waals surface area contributed by atoms with E-state index in [1.807, 2.05) is 13.8 Å². The summed E-state index contributed by atoms with van der Waals surface area (Å²) in [5.74, 6) is -1.02. The summed E-state index contributed by atoms with van der Waals surface area (Å²) < 4.78 is 5.13. The number of esters is 1. The van der Waals surface area contributed by atoms with Crippen LogP contribution in [0.5, 0.6) is 0 Å². The Morgan fingerprint density at radius 1 is 1.15 bits per heavy atom. The normalized spacial score (nSPS) is 11.3. The van der Waals surface area contributed by atoms with Gasteiger partial charge in [-0.05, 0) is 26.7 Å². The number of hydrogen-bond acceptors (Lipinski definition) is 4. The summed E-state index contributed by atoms with van der Waals surface area (Å²) in [5.41, 5.74) is 4.56. The van der Waals surface area contributed by atoms with Crippen LogP contribution in [0.2, 0.25) is 0 Å². The van der Waals surface area contributed by atoms with Crippen molar-refractivity contribution >= 4 is 17.8 Å². The Labute approximate surface area is 120 Å². The molecule has 2 amide bonds. The second kappa shape index (κ2) is 7.87. The van der Waals surface area contributed by atoms with Crippen LogP contribution in [0.25, 0.3) is 0 Å². The molecular formula is C14H26N2O4. The Hall–Kier alpha value is -1.59. The molecule has 20 heavy (non-hydrogen) atoms. The number of primary amides is 1. The van der Waals surface area contributed by atoms with Crippen molar-refractivity contribution in [1.82, 2.24) is 4.90 Å². The number of hydrogen-bond donors (Lipinski definition) is 1. The molecule has 116 valence electrons. The van der Waals surface area contributed by atoms with Gasteiger partial charge in [-0.3, -0.25) is 14.4 Å². The summed E-state index contributed by atoms with van der Waals surface area (Å²) in [7, 11) is 0. The second-order valence-corrected chi connectivity index (χ2v) is 6.22. The summed E-state index contributed by atoms with van der Waals surface area (Å²) in [6, 6.07) is 0. The summed E-state index contributed by atoms with van der Waals surface area (Å²) in [6.07, 6.45) is 0.0262. The molecule has 0 atom stereocenters. The van der Waals surface area contributed by atoms with Gasteiger partial charge in [-0.1, -0.05) is 13.8 Å². The van der Waals surface area contributed by atoms with E-state index in [1.165, 1.54) is 4.90 Å². The Bertz CT molecular complexity index is 359. The SMILES string of the molecule is CC(C)CN(CC(N)=O)C(=O)CCC(=O)OC(C)(C)C. The average molecular weight is 286 g/mol. The molecule has 0 rings (SSSR count). The molecule has 0 aromatic heterocycles. The van der Waals surface area contributed by atoms with Gasteiger partial charge in [-0.15, -0.1) is 0 Å². The molecule has 2 N–H and O–H groups in total. The Morgan fingerprint density at radius 2 is 1.70 bits per heavy atom. The fourth-order valence-corrected chi connectivity index (χ4v) is 1.64. The molecule has 0 heterocycles. The topological polar surface area (TPSA) is 89.7 Å². The van der Waals surface area contributed by atoms with E-state index in [4.69, 9.17) is 10.5 Å². The molecule has 0 saturated carbocycles. The highest BCUT2D eigenvalue weighted by atomic mass is 16.6. The maximum absolute atomic E-state index is 12.0.